The van der Waals surface area contributed by atoms with Gasteiger partial charge < -0.3 is 0 Å². The zero-order chi connectivity index (χ0) is 18.8. The molecule has 0 aliphatic heterocycles. The Morgan fingerprint density at radius 2 is 1.85 bits per heavy atom. The lowest BCUT2D eigenvalue weighted by Gasteiger charge is -2.08. The van der Waals surface area contributed by atoms with Gasteiger partial charge in [0.2, 0.25) is 0 Å². The average Bonchev–Trinajstić information content (AvgIpc) is 2.64. The van der Waals surface area contributed by atoms with E-state index in [0.717, 1.165) is 4.68 Å². The summed E-state index contributed by atoms with van der Waals surface area (Å²) in [5, 5.41) is 9.99. The van der Waals surface area contributed by atoms with Gasteiger partial charge in [0.1, 0.15) is 0 Å². The molecule has 3 rings (SSSR count). The Kier molecular flexibility index (Phi) is 5.06. The molecule has 0 spiro atoms. The van der Waals surface area contributed by atoms with Crippen molar-refractivity contribution in [3.63, 3.8) is 0 Å². The molecule has 1 amide bonds. The number of benzene rings is 2. The smallest absolute Gasteiger partial charge is 0.267 e. The van der Waals surface area contributed by atoms with Gasteiger partial charge in [-0.15, -0.1) is 0 Å². The Bertz CT molecular complexity index is 1110. The van der Waals surface area contributed by atoms with Gasteiger partial charge in [0.15, 0.2) is 5.69 Å². The monoisotopic (exact) mass is 388 g/mol. The molecule has 1 aromatic heterocycles. The molecule has 0 saturated carbocycles. The second kappa shape index (κ2) is 7.27. The Morgan fingerprint density at radius 1 is 1.15 bits per heavy atom. The summed E-state index contributed by atoms with van der Waals surface area (Å²) in [6.45, 7) is 1.70. The molecule has 0 aliphatic carbocycles. The number of hydrazone groups is 1. The fourth-order valence-electron chi connectivity index (χ4n) is 2.49. The minimum absolute atomic E-state index is 0.108. The van der Waals surface area contributed by atoms with Crippen LogP contribution >= 0.6 is 23.2 Å². The van der Waals surface area contributed by atoms with Crippen molar-refractivity contribution in [2.45, 2.75) is 6.92 Å². The first kappa shape index (κ1) is 18.1. The maximum atomic E-state index is 12.6. The molecule has 0 atom stereocenters. The number of halogens is 2. The van der Waals surface area contributed by atoms with E-state index in [9.17, 15) is 9.59 Å². The quantitative estimate of drug-likeness (QED) is 0.551. The lowest BCUT2D eigenvalue weighted by molar-refractivity contribution is 0.0949. The van der Waals surface area contributed by atoms with Crippen molar-refractivity contribution in [3.8, 4) is 0 Å². The molecule has 3 aromatic rings. The average molecular weight is 389 g/mol. The molecule has 0 unspecified atom stereocenters. The summed E-state index contributed by atoms with van der Waals surface area (Å²) >= 11 is 12.1. The third-order valence-electron chi connectivity index (χ3n) is 3.81. The second-order valence-electron chi connectivity index (χ2n) is 5.59. The minimum atomic E-state index is -0.533. The van der Waals surface area contributed by atoms with Crippen LogP contribution in [0, 0.1) is 0 Å². The highest BCUT2D eigenvalue weighted by atomic mass is 35.5. The lowest BCUT2D eigenvalue weighted by atomic mass is 10.1. The van der Waals surface area contributed by atoms with Gasteiger partial charge in [0.25, 0.3) is 11.5 Å². The first-order valence-electron chi connectivity index (χ1n) is 7.64. The number of carbonyl (C=O) groups is 1. The fourth-order valence-corrected chi connectivity index (χ4v) is 2.92. The van der Waals surface area contributed by atoms with Crippen LogP contribution < -0.4 is 11.0 Å². The molecule has 0 aliphatic rings. The van der Waals surface area contributed by atoms with E-state index in [2.05, 4.69) is 15.6 Å². The maximum Gasteiger partial charge on any atom is 0.292 e. The minimum Gasteiger partial charge on any atom is -0.267 e. The normalized spacial score (nSPS) is 11.6. The van der Waals surface area contributed by atoms with Crippen molar-refractivity contribution >= 4 is 45.6 Å². The third-order valence-corrected chi connectivity index (χ3v) is 4.38. The molecule has 0 radical (unpaired) electrons. The van der Waals surface area contributed by atoms with Crippen LogP contribution in [-0.2, 0) is 7.05 Å². The summed E-state index contributed by atoms with van der Waals surface area (Å²) in [7, 11) is 1.49. The number of nitrogens with zero attached hydrogens (tertiary/aromatic N) is 3. The summed E-state index contributed by atoms with van der Waals surface area (Å²) in [4.78, 5) is 24.7. The molecule has 1 heterocycles. The Morgan fingerprint density at radius 3 is 2.58 bits per heavy atom. The van der Waals surface area contributed by atoms with Crippen LogP contribution in [0.2, 0.25) is 10.0 Å². The standard InChI is InChI=1S/C18H14Cl2N4O2/c1-10(14-9-11(19)7-8-15(14)20)21-22-17(25)16-12-5-3-4-6-13(12)18(26)24(2)23-16/h3-9H,1-2H3,(H,22,25)/b21-10+. The largest absolute Gasteiger partial charge is 0.292 e. The SMILES string of the molecule is C/C(=N\NC(=O)c1nn(C)c(=O)c2ccccc12)c1cc(Cl)ccc1Cl. The number of nitrogens with one attached hydrogen (secondary N) is 1. The zero-order valence-electron chi connectivity index (χ0n) is 14.0. The zero-order valence-corrected chi connectivity index (χ0v) is 15.5. The van der Waals surface area contributed by atoms with Crippen molar-refractivity contribution in [1.29, 1.82) is 0 Å². The molecule has 132 valence electrons. The van der Waals surface area contributed by atoms with Crippen LogP contribution in [0.5, 0.6) is 0 Å². The number of carbonyl (C=O) groups excluding carboxylic acids is 1. The molecular weight excluding hydrogens is 375 g/mol. The first-order valence-corrected chi connectivity index (χ1v) is 8.40. The molecular formula is C18H14Cl2N4O2. The van der Waals surface area contributed by atoms with Crippen LogP contribution in [0.25, 0.3) is 10.8 Å². The van der Waals surface area contributed by atoms with Crippen molar-refractivity contribution in [3.05, 3.63) is 74.1 Å². The predicted molar refractivity (Wildman–Crippen MR) is 103 cm³/mol. The number of aromatic nitrogens is 2. The molecule has 26 heavy (non-hydrogen) atoms. The topological polar surface area (TPSA) is 76.3 Å². The van der Waals surface area contributed by atoms with Crippen LogP contribution in [0.3, 0.4) is 0 Å². The Hall–Kier alpha value is -2.70. The van der Waals surface area contributed by atoms with Gasteiger partial charge in [-0.2, -0.15) is 10.2 Å². The van der Waals surface area contributed by atoms with E-state index in [1.165, 1.54) is 7.05 Å². The van der Waals surface area contributed by atoms with Crippen LogP contribution in [0.1, 0.15) is 23.0 Å². The number of fused-ring (bicyclic) bond motifs is 1. The molecule has 0 bridgehead atoms. The van der Waals surface area contributed by atoms with E-state index in [1.54, 1.807) is 49.4 Å². The van der Waals surface area contributed by atoms with Gasteiger partial charge in [-0.1, -0.05) is 41.4 Å². The van der Waals surface area contributed by atoms with E-state index in [1.807, 2.05) is 0 Å². The molecule has 0 saturated heterocycles. The number of hydrogen-bond acceptors (Lipinski definition) is 4. The Labute approximate surface area is 159 Å². The molecule has 1 N–H and O–H groups in total. The highest BCUT2D eigenvalue weighted by Gasteiger charge is 2.15. The van der Waals surface area contributed by atoms with Gasteiger partial charge in [-0.25, -0.2) is 10.1 Å². The summed E-state index contributed by atoms with van der Waals surface area (Å²) in [5.41, 5.74) is 3.38. The van der Waals surface area contributed by atoms with Gasteiger partial charge in [-0.3, -0.25) is 9.59 Å². The summed E-state index contributed by atoms with van der Waals surface area (Å²) in [6, 6.07) is 11.8. The van der Waals surface area contributed by atoms with Crippen LogP contribution in [0.4, 0.5) is 0 Å². The summed E-state index contributed by atoms with van der Waals surface area (Å²) in [6.07, 6.45) is 0. The maximum absolute atomic E-state index is 12.6. The third kappa shape index (κ3) is 3.47. The van der Waals surface area contributed by atoms with Gasteiger partial charge in [0.05, 0.1) is 11.1 Å². The summed E-state index contributed by atoms with van der Waals surface area (Å²) < 4.78 is 1.13. The van der Waals surface area contributed by atoms with Crippen molar-refractivity contribution in [2.75, 3.05) is 0 Å². The second-order valence-corrected chi connectivity index (χ2v) is 6.43. The van der Waals surface area contributed by atoms with Crippen molar-refractivity contribution in [2.24, 2.45) is 12.1 Å². The molecule has 0 fully saturated rings. The number of hydrogen-bond donors (Lipinski definition) is 1. The Balaban J connectivity index is 1.96. The highest BCUT2D eigenvalue weighted by molar-refractivity contribution is 6.36. The molecule has 2 aromatic carbocycles. The van der Waals surface area contributed by atoms with Crippen LogP contribution in [-0.4, -0.2) is 21.4 Å². The van der Waals surface area contributed by atoms with Gasteiger partial charge in [-0.05, 0) is 31.2 Å². The highest BCUT2D eigenvalue weighted by Crippen LogP contribution is 2.21. The lowest BCUT2D eigenvalue weighted by Crippen LogP contribution is -2.27. The molecule has 6 nitrogen and oxygen atoms in total. The van der Waals surface area contributed by atoms with Gasteiger partial charge >= 0.3 is 0 Å². The van der Waals surface area contributed by atoms with Gasteiger partial charge in [0, 0.05) is 28.0 Å². The van der Waals surface area contributed by atoms with Crippen molar-refractivity contribution in [1.82, 2.24) is 15.2 Å². The van der Waals surface area contributed by atoms with Crippen molar-refractivity contribution < 1.29 is 4.79 Å². The molecule has 8 heteroatoms. The van der Waals surface area contributed by atoms with E-state index in [-0.39, 0.29) is 11.3 Å². The number of rotatable bonds is 3. The predicted octanol–water partition coefficient (Wildman–Crippen LogP) is 3.39. The van der Waals surface area contributed by atoms with Crippen LogP contribution in [0.15, 0.2) is 52.4 Å². The number of aryl methyl sites for hydroxylation is 1. The van der Waals surface area contributed by atoms with E-state index < -0.39 is 5.91 Å². The first-order chi connectivity index (χ1) is 12.4. The van der Waals surface area contributed by atoms with E-state index in [4.69, 9.17) is 23.2 Å². The number of amides is 1. The summed E-state index contributed by atoms with van der Waals surface area (Å²) in [5.74, 6) is -0.533. The fraction of sp³-hybridized carbons (Fsp3) is 0.111. The van der Waals surface area contributed by atoms with E-state index >= 15 is 0 Å². The van der Waals surface area contributed by atoms with E-state index in [0.29, 0.717) is 32.1 Å².